The molecule has 0 saturated carbocycles. The number of nitrogens with two attached hydrogens (primary N) is 1. The molecule has 2 nitrogen and oxygen atoms in total. The number of benzene rings is 1. The van der Waals surface area contributed by atoms with Gasteiger partial charge in [0, 0.05) is 4.88 Å². The van der Waals surface area contributed by atoms with E-state index in [2.05, 4.69) is 6.07 Å². The number of thiophene rings is 1. The molecule has 1 atom stereocenters. The second kappa shape index (κ2) is 5.14. The van der Waals surface area contributed by atoms with Crippen LogP contribution in [-0.4, -0.2) is 6.61 Å². The molecule has 0 aliphatic rings. The van der Waals surface area contributed by atoms with Crippen LogP contribution in [0.3, 0.4) is 0 Å². The van der Waals surface area contributed by atoms with Gasteiger partial charge in [-0.15, -0.1) is 11.3 Å². The molecule has 0 amide bonds. The highest BCUT2D eigenvalue weighted by Gasteiger charge is 2.10. The predicted molar refractivity (Wildman–Crippen MR) is 68.0 cm³/mol. The average molecular weight is 233 g/mol. The maximum Gasteiger partial charge on any atom is 0.119 e. The van der Waals surface area contributed by atoms with Gasteiger partial charge >= 0.3 is 0 Å². The van der Waals surface area contributed by atoms with Crippen LogP contribution < -0.4 is 10.5 Å². The largest absolute Gasteiger partial charge is 0.494 e. The van der Waals surface area contributed by atoms with Crippen LogP contribution in [0.25, 0.3) is 0 Å². The van der Waals surface area contributed by atoms with E-state index in [0.29, 0.717) is 6.61 Å². The minimum absolute atomic E-state index is 0.0552. The Bertz CT molecular complexity index is 439. The van der Waals surface area contributed by atoms with E-state index in [4.69, 9.17) is 10.5 Å². The van der Waals surface area contributed by atoms with Gasteiger partial charge in [-0.2, -0.15) is 0 Å². The minimum Gasteiger partial charge on any atom is -0.494 e. The molecule has 0 fully saturated rings. The Kier molecular flexibility index (Phi) is 3.59. The van der Waals surface area contributed by atoms with Gasteiger partial charge in [0.2, 0.25) is 0 Å². The van der Waals surface area contributed by atoms with E-state index in [0.717, 1.165) is 11.3 Å². The Morgan fingerprint density at radius 3 is 2.88 bits per heavy atom. The third-order valence-electron chi connectivity index (χ3n) is 2.38. The second-order valence-electron chi connectivity index (χ2n) is 3.50. The first kappa shape index (κ1) is 11.2. The summed E-state index contributed by atoms with van der Waals surface area (Å²) in [5, 5.41) is 2.04. The van der Waals surface area contributed by atoms with Crippen LogP contribution in [0.5, 0.6) is 5.75 Å². The fourth-order valence-electron chi connectivity index (χ4n) is 1.60. The van der Waals surface area contributed by atoms with Crippen molar-refractivity contribution in [1.82, 2.24) is 0 Å². The number of rotatable bonds is 4. The van der Waals surface area contributed by atoms with E-state index in [1.165, 1.54) is 4.88 Å². The average Bonchev–Trinajstić information content (AvgIpc) is 2.82. The first-order valence-corrected chi connectivity index (χ1v) is 6.21. The van der Waals surface area contributed by atoms with Crippen LogP contribution in [0.1, 0.15) is 23.4 Å². The van der Waals surface area contributed by atoms with Gasteiger partial charge in [0.1, 0.15) is 5.75 Å². The third-order valence-corrected chi connectivity index (χ3v) is 3.33. The van der Waals surface area contributed by atoms with Crippen molar-refractivity contribution in [3.05, 3.63) is 52.2 Å². The topological polar surface area (TPSA) is 35.2 Å². The first-order chi connectivity index (χ1) is 7.81. The van der Waals surface area contributed by atoms with E-state index in [9.17, 15) is 0 Å². The zero-order chi connectivity index (χ0) is 11.4. The molecule has 0 aliphatic heterocycles. The molecule has 16 heavy (non-hydrogen) atoms. The SMILES string of the molecule is CCOc1cccc([C@@H](N)c2cccs2)c1. The normalized spacial score (nSPS) is 12.4. The number of hydrogen-bond acceptors (Lipinski definition) is 3. The Balaban J connectivity index is 2.23. The molecule has 0 radical (unpaired) electrons. The highest BCUT2D eigenvalue weighted by Crippen LogP contribution is 2.26. The van der Waals surface area contributed by atoms with E-state index >= 15 is 0 Å². The quantitative estimate of drug-likeness (QED) is 0.880. The number of hydrogen-bond donors (Lipinski definition) is 1. The molecule has 1 aromatic carbocycles. The summed E-state index contributed by atoms with van der Waals surface area (Å²) in [5.74, 6) is 0.881. The van der Waals surface area contributed by atoms with Crippen LogP contribution >= 0.6 is 11.3 Å². The molecule has 0 saturated heterocycles. The van der Waals surface area contributed by atoms with Gasteiger partial charge in [0.25, 0.3) is 0 Å². The molecule has 2 rings (SSSR count). The lowest BCUT2D eigenvalue weighted by molar-refractivity contribution is 0.340. The monoisotopic (exact) mass is 233 g/mol. The Hall–Kier alpha value is -1.32. The van der Waals surface area contributed by atoms with Gasteiger partial charge in [-0.25, -0.2) is 0 Å². The molecule has 0 unspecified atom stereocenters. The van der Waals surface area contributed by atoms with Crippen LogP contribution in [0.2, 0.25) is 0 Å². The highest BCUT2D eigenvalue weighted by atomic mass is 32.1. The van der Waals surface area contributed by atoms with Crippen molar-refractivity contribution >= 4 is 11.3 Å². The third kappa shape index (κ3) is 2.43. The van der Waals surface area contributed by atoms with Crippen LogP contribution in [0.4, 0.5) is 0 Å². The summed E-state index contributed by atoms with van der Waals surface area (Å²) in [4.78, 5) is 1.17. The maximum absolute atomic E-state index is 6.18. The standard InChI is InChI=1S/C13H15NOS/c1-2-15-11-6-3-5-10(9-11)13(14)12-7-4-8-16-12/h3-9,13H,2,14H2,1H3/t13-/m1/s1. The first-order valence-electron chi connectivity index (χ1n) is 5.33. The summed E-state index contributed by atoms with van der Waals surface area (Å²) in [5.41, 5.74) is 7.27. The Morgan fingerprint density at radius 1 is 1.31 bits per heavy atom. The predicted octanol–water partition coefficient (Wildman–Crippen LogP) is 3.19. The van der Waals surface area contributed by atoms with Crippen molar-refractivity contribution in [2.24, 2.45) is 5.73 Å². The summed E-state index contributed by atoms with van der Waals surface area (Å²) >= 11 is 1.68. The molecule has 3 heteroatoms. The van der Waals surface area contributed by atoms with Crippen LogP contribution in [0.15, 0.2) is 41.8 Å². The Morgan fingerprint density at radius 2 is 2.19 bits per heavy atom. The van der Waals surface area contributed by atoms with Crippen molar-refractivity contribution in [3.8, 4) is 5.75 Å². The van der Waals surface area contributed by atoms with E-state index in [1.54, 1.807) is 11.3 Å². The Labute approximate surface area is 99.7 Å². The van der Waals surface area contributed by atoms with Crippen molar-refractivity contribution in [3.63, 3.8) is 0 Å². The van der Waals surface area contributed by atoms with Gasteiger partial charge in [0.05, 0.1) is 12.6 Å². The van der Waals surface area contributed by atoms with E-state index in [1.807, 2.05) is 42.6 Å². The molecular formula is C13H15NOS. The zero-order valence-corrected chi connectivity index (χ0v) is 10.0. The van der Waals surface area contributed by atoms with Gasteiger partial charge < -0.3 is 10.5 Å². The fourth-order valence-corrected chi connectivity index (χ4v) is 2.35. The maximum atomic E-state index is 6.18. The van der Waals surface area contributed by atoms with Gasteiger partial charge in [-0.05, 0) is 36.1 Å². The lowest BCUT2D eigenvalue weighted by Gasteiger charge is -2.11. The van der Waals surface area contributed by atoms with Crippen molar-refractivity contribution in [2.45, 2.75) is 13.0 Å². The minimum atomic E-state index is -0.0552. The summed E-state index contributed by atoms with van der Waals surface area (Å²) in [6, 6.07) is 12.0. The van der Waals surface area contributed by atoms with Gasteiger partial charge in [-0.3, -0.25) is 0 Å². The summed E-state index contributed by atoms with van der Waals surface area (Å²) in [6.45, 7) is 2.66. The fraction of sp³-hybridized carbons (Fsp3) is 0.231. The molecule has 0 bridgehead atoms. The smallest absolute Gasteiger partial charge is 0.119 e. The molecule has 84 valence electrons. The zero-order valence-electron chi connectivity index (χ0n) is 9.22. The van der Waals surface area contributed by atoms with Crippen LogP contribution in [0, 0.1) is 0 Å². The summed E-state index contributed by atoms with van der Waals surface area (Å²) in [7, 11) is 0. The second-order valence-corrected chi connectivity index (χ2v) is 4.48. The van der Waals surface area contributed by atoms with Crippen LogP contribution in [-0.2, 0) is 0 Å². The van der Waals surface area contributed by atoms with Gasteiger partial charge in [-0.1, -0.05) is 18.2 Å². The molecule has 2 N–H and O–H groups in total. The lowest BCUT2D eigenvalue weighted by atomic mass is 10.1. The van der Waals surface area contributed by atoms with Crippen molar-refractivity contribution in [1.29, 1.82) is 0 Å². The van der Waals surface area contributed by atoms with Crippen molar-refractivity contribution in [2.75, 3.05) is 6.61 Å². The van der Waals surface area contributed by atoms with Gasteiger partial charge in [0.15, 0.2) is 0 Å². The molecule has 1 aromatic heterocycles. The summed E-state index contributed by atoms with van der Waals surface area (Å²) in [6.07, 6.45) is 0. The molecule has 2 aromatic rings. The lowest BCUT2D eigenvalue weighted by Crippen LogP contribution is -2.10. The highest BCUT2D eigenvalue weighted by molar-refractivity contribution is 7.10. The van der Waals surface area contributed by atoms with Crippen molar-refractivity contribution < 1.29 is 4.74 Å². The van der Waals surface area contributed by atoms with E-state index < -0.39 is 0 Å². The summed E-state index contributed by atoms with van der Waals surface area (Å²) < 4.78 is 5.46. The number of ether oxygens (including phenoxy) is 1. The molecular weight excluding hydrogens is 218 g/mol. The molecule has 0 spiro atoms. The molecule has 0 aliphatic carbocycles. The molecule has 1 heterocycles. The van der Waals surface area contributed by atoms with E-state index in [-0.39, 0.29) is 6.04 Å².